The number of alkyl halides is 2. The summed E-state index contributed by atoms with van der Waals surface area (Å²) < 4.78 is 32.7. The van der Waals surface area contributed by atoms with E-state index < -0.39 is 18.1 Å². The normalized spacial score (nSPS) is 10.8. The van der Waals surface area contributed by atoms with Crippen molar-refractivity contribution in [1.82, 2.24) is 5.32 Å². The lowest BCUT2D eigenvalue weighted by Gasteiger charge is -2.17. The van der Waals surface area contributed by atoms with Gasteiger partial charge in [0.25, 0.3) is 18.1 Å². The second-order valence-electron chi connectivity index (χ2n) is 6.27. The van der Waals surface area contributed by atoms with Gasteiger partial charge in [-0.25, -0.2) is 8.78 Å². The van der Waals surface area contributed by atoms with Gasteiger partial charge in [0.1, 0.15) is 12.4 Å². The molecule has 0 unspecified atom stereocenters. The maximum Gasteiger partial charge on any atom is 0.292 e. The number of halogens is 2. The standard InChI is InChI=1S/C21H23F2NO3/c1-5-14-9-13(3)18(10-12(14)2)27-11-17-15(19(25)21(26)24-4)7-6-8-16(17)20(22)23/h6-10,20H,5,11H2,1-4H3,(H,24,26). The number of hydrogen-bond acceptors (Lipinski definition) is 3. The number of aryl methyl sites for hydroxylation is 3. The van der Waals surface area contributed by atoms with Crippen LogP contribution in [0.2, 0.25) is 0 Å². The zero-order valence-corrected chi connectivity index (χ0v) is 15.9. The molecule has 1 amide bonds. The van der Waals surface area contributed by atoms with Crippen LogP contribution in [-0.2, 0) is 17.8 Å². The molecule has 0 aliphatic carbocycles. The number of carbonyl (C=O) groups is 2. The molecule has 27 heavy (non-hydrogen) atoms. The summed E-state index contributed by atoms with van der Waals surface area (Å²) in [4.78, 5) is 24.0. The van der Waals surface area contributed by atoms with Gasteiger partial charge in [-0.1, -0.05) is 31.2 Å². The molecule has 0 saturated heterocycles. The maximum absolute atomic E-state index is 13.5. The molecule has 2 aromatic carbocycles. The number of ether oxygens (including phenoxy) is 1. The van der Waals surface area contributed by atoms with Crippen molar-refractivity contribution in [3.63, 3.8) is 0 Å². The van der Waals surface area contributed by atoms with E-state index in [2.05, 4.69) is 12.2 Å². The van der Waals surface area contributed by atoms with Gasteiger partial charge in [-0.05, 0) is 43.0 Å². The molecule has 0 fully saturated rings. The van der Waals surface area contributed by atoms with Crippen LogP contribution in [-0.4, -0.2) is 18.7 Å². The van der Waals surface area contributed by atoms with E-state index >= 15 is 0 Å². The molecular formula is C21H23F2NO3. The Balaban J connectivity index is 2.41. The highest BCUT2D eigenvalue weighted by atomic mass is 19.3. The molecule has 0 radical (unpaired) electrons. The zero-order chi connectivity index (χ0) is 20.1. The fourth-order valence-electron chi connectivity index (χ4n) is 2.95. The van der Waals surface area contributed by atoms with Crippen LogP contribution in [0.4, 0.5) is 8.78 Å². The van der Waals surface area contributed by atoms with Crippen LogP contribution in [0.25, 0.3) is 0 Å². The van der Waals surface area contributed by atoms with Crippen molar-refractivity contribution < 1.29 is 23.1 Å². The number of benzene rings is 2. The van der Waals surface area contributed by atoms with Crippen molar-refractivity contribution in [2.24, 2.45) is 0 Å². The first kappa shape index (κ1) is 20.6. The van der Waals surface area contributed by atoms with Crippen molar-refractivity contribution in [3.05, 3.63) is 63.7 Å². The highest BCUT2D eigenvalue weighted by Crippen LogP contribution is 2.29. The number of likely N-dealkylation sites (N-methyl/N-ethyl adjacent to an activating group) is 1. The first-order chi connectivity index (χ1) is 12.8. The molecule has 0 aliphatic heterocycles. The number of ketones is 1. The molecule has 0 spiro atoms. The molecule has 0 aliphatic rings. The summed E-state index contributed by atoms with van der Waals surface area (Å²) >= 11 is 0. The summed E-state index contributed by atoms with van der Waals surface area (Å²) in [6.45, 7) is 5.66. The lowest BCUT2D eigenvalue weighted by atomic mass is 9.98. The van der Waals surface area contributed by atoms with Gasteiger partial charge in [0, 0.05) is 23.7 Å². The summed E-state index contributed by atoms with van der Waals surface area (Å²) in [7, 11) is 1.31. The number of rotatable bonds is 7. The molecule has 0 atom stereocenters. The predicted octanol–water partition coefficient (Wildman–Crippen LogP) is 4.31. The number of hydrogen-bond donors (Lipinski definition) is 1. The van der Waals surface area contributed by atoms with Gasteiger partial charge in [-0.15, -0.1) is 0 Å². The number of nitrogens with one attached hydrogen (secondary N) is 1. The van der Waals surface area contributed by atoms with Crippen LogP contribution < -0.4 is 10.1 Å². The first-order valence-corrected chi connectivity index (χ1v) is 8.69. The van der Waals surface area contributed by atoms with Gasteiger partial charge >= 0.3 is 0 Å². The van der Waals surface area contributed by atoms with E-state index in [0.717, 1.165) is 17.5 Å². The topological polar surface area (TPSA) is 55.4 Å². The zero-order valence-electron chi connectivity index (χ0n) is 15.9. The molecule has 144 valence electrons. The minimum atomic E-state index is -2.79. The highest BCUT2D eigenvalue weighted by molar-refractivity contribution is 6.43. The molecule has 0 heterocycles. The average Bonchev–Trinajstić information content (AvgIpc) is 2.66. The van der Waals surface area contributed by atoms with Gasteiger partial charge in [-0.3, -0.25) is 9.59 Å². The Morgan fingerprint density at radius 1 is 1.15 bits per heavy atom. The quantitative estimate of drug-likeness (QED) is 0.579. The molecule has 0 bridgehead atoms. The molecule has 0 saturated carbocycles. The van der Waals surface area contributed by atoms with E-state index in [9.17, 15) is 18.4 Å². The Morgan fingerprint density at radius 3 is 2.44 bits per heavy atom. The fraction of sp³-hybridized carbons (Fsp3) is 0.333. The molecule has 0 aromatic heterocycles. The van der Waals surface area contributed by atoms with Gasteiger partial charge in [-0.2, -0.15) is 0 Å². The van der Waals surface area contributed by atoms with Crippen molar-refractivity contribution in [2.45, 2.75) is 40.2 Å². The lowest BCUT2D eigenvalue weighted by Crippen LogP contribution is -2.28. The summed E-state index contributed by atoms with van der Waals surface area (Å²) in [5, 5.41) is 2.23. The molecular weight excluding hydrogens is 352 g/mol. The van der Waals surface area contributed by atoms with Gasteiger partial charge in [0.15, 0.2) is 0 Å². The van der Waals surface area contributed by atoms with Gasteiger partial charge in [0.05, 0.1) is 0 Å². The second-order valence-corrected chi connectivity index (χ2v) is 6.27. The maximum atomic E-state index is 13.5. The fourth-order valence-corrected chi connectivity index (χ4v) is 2.95. The van der Waals surface area contributed by atoms with Crippen molar-refractivity contribution in [3.8, 4) is 5.75 Å². The Morgan fingerprint density at radius 2 is 1.85 bits per heavy atom. The number of carbonyl (C=O) groups excluding carboxylic acids is 2. The van der Waals surface area contributed by atoms with E-state index in [0.29, 0.717) is 5.75 Å². The summed E-state index contributed by atoms with van der Waals surface area (Å²) in [5.74, 6) is -1.16. The van der Waals surface area contributed by atoms with Crippen LogP contribution >= 0.6 is 0 Å². The van der Waals surface area contributed by atoms with E-state index in [1.54, 1.807) is 0 Å². The van der Waals surface area contributed by atoms with Crippen LogP contribution in [0, 0.1) is 13.8 Å². The molecule has 2 rings (SSSR count). The van der Waals surface area contributed by atoms with Gasteiger partial charge < -0.3 is 10.1 Å². The smallest absolute Gasteiger partial charge is 0.292 e. The SMILES string of the molecule is CCc1cc(C)c(OCc2c(C(=O)C(=O)NC)cccc2C(F)F)cc1C. The minimum absolute atomic E-state index is 0.0257. The Labute approximate surface area is 157 Å². The summed E-state index contributed by atoms with van der Waals surface area (Å²) in [6.07, 6.45) is -1.90. The second kappa shape index (κ2) is 8.75. The Kier molecular flexibility index (Phi) is 6.66. The molecule has 4 nitrogen and oxygen atoms in total. The van der Waals surface area contributed by atoms with Crippen molar-refractivity contribution in [2.75, 3.05) is 7.05 Å². The monoisotopic (exact) mass is 375 g/mol. The van der Waals surface area contributed by atoms with Crippen molar-refractivity contribution >= 4 is 11.7 Å². The number of amides is 1. The largest absolute Gasteiger partial charge is 0.489 e. The minimum Gasteiger partial charge on any atom is -0.489 e. The summed E-state index contributed by atoms with van der Waals surface area (Å²) in [6, 6.07) is 7.80. The first-order valence-electron chi connectivity index (χ1n) is 8.69. The van der Waals surface area contributed by atoms with E-state index in [1.165, 1.54) is 30.8 Å². The van der Waals surface area contributed by atoms with Crippen LogP contribution in [0.3, 0.4) is 0 Å². The lowest BCUT2D eigenvalue weighted by molar-refractivity contribution is -0.116. The van der Waals surface area contributed by atoms with Crippen LogP contribution in [0.15, 0.2) is 30.3 Å². The third-order valence-electron chi connectivity index (χ3n) is 4.51. The Hall–Kier alpha value is -2.76. The Bertz CT molecular complexity index is 863. The van der Waals surface area contributed by atoms with E-state index in [4.69, 9.17) is 4.74 Å². The van der Waals surface area contributed by atoms with Crippen molar-refractivity contribution in [1.29, 1.82) is 0 Å². The summed E-state index contributed by atoms with van der Waals surface area (Å²) in [5.41, 5.74) is 2.74. The average molecular weight is 375 g/mol. The molecule has 1 N–H and O–H groups in total. The third kappa shape index (κ3) is 4.51. The predicted molar refractivity (Wildman–Crippen MR) is 99.4 cm³/mol. The van der Waals surface area contributed by atoms with Crippen LogP contribution in [0.5, 0.6) is 5.75 Å². The number of Topliss-reactive ketones (excluding diaryl/α,β-unsaturated/α-hetero) is 1. The van der Waals surface area contributed by atoms with Crippen LogP contribution in [0.1, 0.15) is 51.5 Å². The third-order valence-corrected chi connectivity index (χ3v) is 4.51. The molecule has 6 heteroatoms. The van der Waals surface area contributed by atoms with E-state index in [-0.39, 0.29) is 23.3 Å². The molecule has 2 aromatic rings. The van der Waals surface area contributed by atoms with Gasteiger partial charge in [0.2, 0.25) is 0 Å². The highest BCUT2D eigenvalue weighted by Gasteiger charge is 2.24. The van der Waals surface area contributed by atoms with E-state index in [1.807, 2.05) is 26.0 Å².